The third-order valence-electron chi connectivity index (χ3n) is 2.84. The van der Waals surface area contributed by atoms with Crippen molar-refractivity contribution in [2.24, 2.45) is 0 Å². The monoisotopic (exact) mass is 358 g/mol. The van der Waals surface area contributed by atoms with Crippen molar-refractivity contribution < 1.29 is 13.6 Å². The van der Waals surface area contributed by atoms with Gasteiger partial charge in [-0.1, -0.05) is 11.6 Å². The first-order valence-corrected chi connectivity index (χ1v) is 6.98. The molecular formula is C15H10BrClF2O. The van der Waals surface area contributed by atoms with E-state index in [1.807, 2.05) is 0 Å². The standard InChI is InChI=1S/C15H10BrClF2O/c1-8-4-9(6-10(17)5-8)14(20)7-11-13(18)3-2-12(16)15(11)19/h2-6H,7H2,1H3. The van der Waals surface area contributed by atoms with Gasteiger partial charge in [0.25, 0.3) is 0 Å². The van der Waals surface area contributed by atoms with Crippen molar-refractivity contribution in [1.82, 2.24) is 0 Å². The third-order valence-corrected chi connectivity index (χ3v) is 3.67. The molecule has 2 aromatic carbocycles. The summed E-state index contributed by atoms with van der Waals surface area (Å²) in [5.74, 6) is -1.87. The largest absolute Gasteiger partial charge is 0.294 e. The van der Waals surface area contributed by atoms with Crippen molar-refractivity contribution in [2.45, 2.75) is 13.3 Å². The van der Waals surface area contributed by atoms with Crippen LogP contribution in [-0.2, 0) is 6.42 Å². The molecule has 20 heavy (non-hydrogen) atoms. The van der Waals surface area contributed by atoms with Gasteiger partial charge in [-0.2, -0.15) is 0 Å². The summed E-state index contributed by atoms with van der Waals surface area (Å²) in [6.45, 7) is 1.79. The molecule has 0 aliphatic rings. The lowest BCUT2D eigenvalue weighted by Gasteiger charge is -2.07. The van der Waals surface area contributed by atoms with E-state index in [4.69, 9.17) is 11.6 Å². The van der Waals surface area contributed by atoms with E-state index in [9.17, 15) is 13.6 Å². The van der Waals surface area contributed by atoms with E-state index in [2.05, 4.69) is 15.9 Å². The van der Waals surface area contributed by atoms with Gasteiger partial charge >= 0.3 is 0 Å². The molecule has 0 aromatic heterocycles. The number of hydrogen-bond donors (Lipinski definition) is 0. The number of carbonyl (C=O) groups excluding carboxylic acids is 1. The molecule has 0 spiro atoms. The minimum Gasteiger partial charge on any atom is -0.294 e. The van der Waals surface area contributed by atoms with Crippen LogP contribution in [0.5, 0.6) is 0 Å². The Bertz CT molecular complexity index is 666. The zero-order chi connectivity index (χ0) is 14.9. The number of aryl methyl sites for hydroxylation is 1. The molecule has 5 heteroatoms. The smallest absolute Gasteiger partial charge is 0.167 e. The second-order valence-electron chi connectivity index (χ2n) is 4.44. The maximum absolute atomic E-state index is 13.8. The van der Waals surface area contributed by atoms with Gasteiger partial charge in [0, 0.05) is 22.6 Å². The van der Waals surface area contributed by atoms with Gasteiger partial charge in [-0.05, 0) is 58.7 Å². The Balaban J connectivity index is 2.35. The molecule has 0 aliphatic carbocycles. The van der Waals surface area contributed by atoms with E-state index in [0.717, 1.165) is 11.6 Å². The van der Waals surface area contributed by atoms with Gasteiger partial charge in [0.05, 0.1) is 4.47 Å². The second kappa shape index (κ2) is 6.02. The highest BCUT2D eigenvalue weighted by Gasteiger charge is 2.17. The Morgan fingerprint density at radius 3 is 2.60 bits per heavy atom. The summed E-state index contributed by atoms with van der Waals surface area (Å²) in [6, 6.07) is 7.23. The SMILES string of the molecule is Cc1cc(Cl)cc(C(=O)Cc2c(F)ccc(Br)c2F)c1. The molecule has 1 nitrogen and oxygen atoms in total. The Morgan fingerprint density at radius 1 is 1.25 bits per heavy atom. The minimum atomic E-state index is -0.753. The van der Waals surface area contributed by atoms with Crippen LogP contribution in [0.1, 0.15) is 21.5 Å². The fourth-order valence-corrected chi connectivity index (χ4v) is 2.55. The Kier molecular flexibility index (Phi) is 4.55. The van der Waals surface area contributed by atoms with E-state index >= 15 is 0 Å². The molecule has 104 valence electrons. The average Bonchev–Trinajstić information content (AvgIpc) is 2.38. The van der Waals surface area contributed by atoms with Crippen LogP contribution in [0.4, 0.5) is 8.78 Å². The van der Waals surface area contributed by atoms with Crippen molar-refractivity contribution in [3.05, 3.63) is 68.2 Å². The van der Waals surface area contributed by atoms with Crippen LogP contribution in [0.15, 0.2) is 34.8 Å². The molecule has 0 amide bonds. The molecule has 0 heterocycles. The number of carbonyl (C=O) groups is 1. The summed E-state index contributed by atoms with van der Waals surface area (Å²) >= 11 is 8.85. The summed E-state index contributed by atoms with van der Waals surface area (Å²) in [5.41, 5.74) is 0.909. The Hall–Kier alpha value is -1.26. The summed E-state index contributed by atoms with van der Waals surface area (Å²) in [7, 11) is 0. The molecule has 0 atom stereocenters. The van der Waals surface area contributed by atoms with Crippen LogP contribution >= 0.6 is 27.5 Å². The zero-order valence-electron chi connectivity index (χ0n) is 10.5. The van der Waals surface area contributed by atoms with Crippen LogP contribution in [0.25, 0.3) is 0 Å². The van der Waals surface area contributed by atoms with Crippen LogP contribution in [0.2, 0.25) is 5.02 Å². The van der Waals surface area contributed by atoms with Crippen LogP contribution in [0.3, 0.4) is 0 Å². The molecule has 0 N–H and O–H groups in total. The molecule has 0 radical (unpaired) electrons. The molecule has 0 saturated heterocycles. The maximum atomic E-state index is 13.8. The lowest BCUT2D eigenvalue weighted by molar-refractivity contribution is 0.0990. The van der Waals surface area contributed by atoms with Gasteiger partial charge in [0.2, 0.25) is 0 Å². The van der Waals surface area contributed by atoms with E-state index in [1.165, 1.54) is 12.1 Å². The first kappa shape index (κ1) is 15.1. The normalized spacial score (nSPS) is 10.7. The molecular weight excluding hydrogens is 350 g/mol. The predicted molar refractivity (Wildman–Crippen MR) is 78.3 cm³/mol. The molecule has 0 aliphatic heterocycles. The van der Waals surface area contributed by atoms with Crippen molar-refractivity contribution in [3.63, 3.8) is 0 Å². The number of benzene rings is 2. The van der Waals surface area contributed by atoms with Gasteiger partial charge < -0.3 is 0 Å². The number of ketones is 1. The summed E-state index contributed by atoms with van der Waals surface area (Å²) in [6.07, 6.45) is -0.350. The van der Waals surface area contributed by atoms with Crippen LogP contribution in [0, 0.1) is 18.6 Å². The topological polar surface area (TPSA) is 17.1 Å². The highest BCUT2D eigenvalue weighted by molar-refractivity contribution is 9.10. The van der Waals surface area contributed by atoms with E-state index < -0.39 is 11.6 Å². The highest BCUT2D eigenvalue weighted by atomic mass is 79.9. The van der Waals surface area contributed by atoms with Gasteiger partial charge in [0.1, 0.15) is 11.6 Å². The van der Waals surface area contributed by atoms with Crippen LogP contribution in [-0.4, -0.2) is 5.78 Å². The first-order valence-electron chi connectivity index (χ1n) is 5.81. The summed E-state index contributed by atoms with van der Waals surface area (Å²) in [4.78, 5) is 12.1. The zero-order valence-corrected chi connectivity index (χ0v) is 12.9. The van der Waals surface area contributed by atoms with E-state index in [0.29, 0.717) is 10.6 Å². The van der Waals surface area contributed by atoms with Gasteiger partial charge in [0.15, 0.2) is 5.78 Å². The van der Waals surface area contributed by atoms with Gasteiger partial charge in [-0.25, -0.2) is 8.78 Å². The number of Topliss-reactive ketones (excluding diaryl/α,β-unsaturated/α-hetero) is 1. The Labute approximate surface area is 128 Å². The van der Waals surface area contributed by atoms with Crippen molar-refractivity contribution >= 4 is 33.3 Å². The fraction of sp³-hybridized carbons (Fsp3) is 0.133. The lowest BCUT2D eigenvalue weighted by atomic mass is 10.0. The van der Waals surface area contributed by atoms with Gasteiger partial charge in [-0.15, -0.1) is 0 Å². The fourth-order valence-electron chi connectivity index (χ4n) is 1.89. The quantitative estimate of drug-likeness (QED) is 0.549. The van der Waals surface area contributed by atoms with E-state index in [1.54, 1.807) is 19.1 Å². The van der Waals surface area contributed by atoms with Crippen molar-refractivity contribution in [1.29, 1.82) is 0 Å². The number of halogens is 4. The first-order chi connectivity index (χ1) is 9.38. The second-order valence-corrected chi connectivity index (χ2v) is 5.73. The maximum Gasteiger partial charge on any atom is 0.167 e. The van der Waals surface area contributed by atoms with Crippen LogP contribution < -0.4 is 0 Å². The molecule has 0 bridgehead atoms. The Morgan fingerprint density at radius 2 is 1.95 bits per heavy atom. The molecule has 0 saturated carbocycles. The van der Waals surface area contributed by atoms with E-state index in [-0.39, 0.29) is 22.2 Å². The molecule has 2 aromatic rings. The third kappa shape index (κ3) is 3.25. The van der Waals surface area contributed by atoms with Gasteiger partial charge in [-0.3, -0.25) is 4.79 Å². The summed E-state index contributed by atoms with van der Waals surface area (Å²) < 4.78 is 27.6. The lowest BCUT2D eigenvalue weighted by Crippen LogP contribution is -2.08. The molecule has 2 rings (SSSR count). The minimum absolute atomic E-state index is 0.129. The molecule has 0 fully saturated rings. The summed E-state index contributed by atoms with van der Waals surface area (Å²) in [5, 5.41) is 0.420. The average molecular weight is 360 g/mol. The highest BCUT2D eigenvalue weighted by Crippen LogP contribution is 2.24. The van der Waals surface area contributed by atoms with Crippen molar-refractivity contribution in [3.8, 4) is 0 Å². The number of hydrogen-bond acceptors (Lipinski definition) is 1. The van der Waals surface area contributed by atoms with Crippen molar-refractivity contribution in [2.75, 3.05) is 0 Å². The number of rotatable bonds is 3. The molecule has 0 unspecified atom stereocenters. The predicted octanol–water partition coefficient (Wildman–Crippen LogP) is 5.11.